The van der Waals surface area contributed by atoms with Crippen LogP contribution >= 0.6 is 0 Å². The molecule has 2 rings (SSSR count). The summed E-state index contributed by atoms with van der Waals surface area (Å²) in [5, 5.41) is 0. The number of hydrogen-bond acceptors (Lipinski definition) is 4. The van der Waals surface area contributed by atoms with Gasteiger partial charge in [0.1, 0.15) is 12.4 Å². The van der Waals surface area contributed by atoms with E-state index < -0.39 is 6.04 Å². The fourth-order valence-electron chi connectivity index (χ4n) is 2.35. The van der Waals surface area contributed by atoms with Crippen molar-refractivity contribution in [2.75, 3.05) is 34.0 Å². The van der Waals surface area contributed by atoms with Gasteiger partial charge in [-0.1, -0.05) is 18.2 Å². The predicted molar refractivity (Wildman–Crippen MR) is 87.9 cm³/mol. The molecule has 1 atom stereocenters. The highest BCUT2D eigenvalue weighted by molar-refractivity contribution is 5.78. The van der Waals surface area contributed by atoms with Crippen LogP contribution in [0.1, 0.15) is 17.3 Å². The summed E-state index contributed by atoms with van der Waals surface area (Å²) in [6.07, 6.45) is 1.65. The molecule has 1 unspecified atom stereocenters. The Kier molecular flexibility index (Phi) is 6.84. The zero-order valence-electron chi connectivity index (χ0n) is 13.8. The molecular formula is C18H21FN2O3. The molecule has 1 aromatic carbocycles. The van der Waals surface area contributed by atoms with Gasteiger partial charge in [0.25, 0.3) is 0 Å². The molecule has 1 heterocycles. The SMILES string of the molecule is COCCOCC(=O)N(C)C(c1cccc(F)c1)c1ccccn1. The average Bonchev–Trinajstić information content (AvgIpc) is 2.60. The van der Waals surface area contributed by atoms with E-state index in [1.54, 1.807) is 38.6 Å². The Bertz CT molecular complexity index is 652. The summed E-state index contributed by atoms with van der Waals surface area (Å²) in [5.74, 6) is -0.573. The van der Waals surface area contributed by atoms with Crippen LogP contribution < -0.4 is 0 Å². The van der Waals surface area contributed by atoms with Crippen molar-refractivity contribution in [3.8, 4) is 0 Å². The minimum Gasteiger partial charge on any atom is -0.382 e. The number of pyridine rings is 1. The van der Waals surface area contributed by atoms with Crippen LogP contribution in [0.2, 0.25) is 0 Å². The van der Waals surface area contributed by atoms with E-state index in [1.165, 1.54) is 17.0 Å². The first-order chi connectivity index (χ1) is 11.6. The second-order valence-electron chi connectivity index (χ2n) is 5.26. The molecule has 128 valence electrons. The molecule has 24 heavy (non-hydrogen) atoms. The fourth-order valence-corrected chi connectivity index (χ4v) is 2.35. The molecule has 1 amide bonds. The highest BCUT2D eigenvalue weighted by Crippen LogP contribution is 2.26. The lowest BCUT2D eigenvalue weighted by atomic mass is 10.0. The summed E-state index contributed by atoms with van der Waals surface area (Å²) in [6.45, 7) is 0.688. The Hall–Kier alpha value is -2.31. The van der Waals surface area contributed by atoms with Crippen molar-refractivity contribution in [3.63, 3.8) is 0 Å². The Morgan fingerprint density at radius 1 is 1.25 bits per heavy atom. The lowest BCUT2D eigenvalue weighted by Crippen LogP contribution is -2.35. The van der Waals surface area contributed by atoms with Gasteiger partial charge in [-0.15, -0.1) is 0 Å². The minimum atomic E-state index is -0.486. The zero-order chi connectivity index (χ0) is 17.4. The van der Waals surface area contributed by atoms with Crippen molar-refractivity contribution < 1.29 is 18.7 Å². The van der Waals surface area contributed by atoms with Crippen LogP contribution in [0, 0.1) is 5.82 Å². The lowest BCUT2D eigenvalue weighted by Gasteiger charge is -2.28. The normalized spacial score (nSPS) is 12.0. The third-order valence-corrected chi connectivity index (χ3v) is 3.57. The number of carbonyl (C=O) groups excluding carboxylic acids is 1. The van der Waals surface area contributed by atoms with E-state index >= 15 is 0 Å². The van der Waals surface area contributed by atoms with Crippen LogP contribution in [-0.4, -0.2) is 49.8 Å². The monoisotopic (exact) mass is 332 g/mol. The molecule has 6 heteroatoms. The second kappa shape index (κ2) is 9.10. The van der Waals surface area contributed by atoms with E-state index in [1.807, 2.05) is 12.1 Å². The number of ether oxygens (including phenoxy) is 2. The summed E-state index contributed by atoms with van der Waals surface area (Å²) in [7, 11) is 3.23. The molecule has 0 spiro atoms. The zero-order valence-corrected chi connectivity index (χ0v) is 13.8. The molecule has 0 aliphatic carbocycles. The Labute approximate surface area is 141 Å². The average molecular weight is 332 g/mol. The second-order valence-corrected chi connectivity index (χ2v) is 5.26. The predicted octanol–water partition coefficient (Wildman–Crippen LogP) is 2.43. The van der Waals surface area contributed by atoms with E-state index in [2.05, 4.69) is 4.98 Å². The molecule has 0 fully saturated rings. The maximum absolute atomic E-state index is 13.6. The molecule has 0 saturated carbocycles. The van der Waals surface area contributed by atoms with Crippen molar-refractivity contribution >= 4 is 5.91 Å². The maximum Gasteiger partial charge on any atom is 0.249 e. The largest absolute Gasteiger partial charge is 0.382 e. The standard InChI is InChI=1S/C18H21FN2O3/c1-21(17(22)13-24-11-10-23-2)18(16-8-3-4-9-20-16)14-6-5-7-15(19)12-14/h3-9,12,18H,10-11,13H2,1-2H3. The Morgan fingerprint density at radius 3 is 2.75 bits per heavy atom. The quantitative estimate of drug-likeness (QED) is 0.697. The van der Waals surface area contributed by atoms with Gasteiger partial charge in [0.2, 0.25) is 5.91 Å². The first-order valence-corrected chi connectivity index (χ1v) is 7.62. The van der Waals surface area contributed by atoms with Gasteiger partial charge in [0.15, 0.2) is 0 Å². The smallest absolute Gasteiger partial charge is 0.249 e. The van der Waals surface area contributed by atoms with E-state index in [0.717, 1.165) is 0 Å². The van der Waals surface area contributed by atoms with Gasteiger partial charge in [-0.25, -0.2) is 4.39 Å². The van der Waals surface area contributed by atoms with Crippen LogP contribution in [-0.2, 0) is 14.3 Å². The third-order valence-electron chi connectivity index (χ3n) is 3.57. The molecule has 0 aliphatic rings. The number of benzene rings is 1. The van der Waals surface area contributed by atoms with E-state index in [0.29, 0.717) is 24.5 Å². The van der Waals surface area contributed by atoms with Gasteiger partial charge >= 0.3 is 0 Å². The summed E-state index contributed by atoms with van der Waals surface area (Å²) < 4.78 is 23.8. The molecule has 0 saturated heterocycles. The molecule has 0 aliphatic heterocycles. The molecule has 0 radical (unpaired) electrons. The molecule has 5 nitrogen and oxygen atoms in total. The van der Waals surface area contributed by atoms with Crippen molar-refractivity contribution in [2.24, 2.45) is 0 Å². The van der Waals surface area contributed by atoms with Crippen molar-refractivity contribution in [3.05, 3.63) is 65.7 Å². The number of methoxy groups -OCH3 is 1. The molecule has 1 aromatic heterocycles. The summed E-state index contributed by atoms with van der Waals surface area (Å²) in [5.41, 5.74) is 1.32. The van der Waals surface area contributed by atoms with Crippen LogP contribution in [0.3, 0.4) is 0 Å². The molecule has 0 N–H and O–H groups in total. The van der Waals surface area contributed by atoms with E-state index in [9.17, 15) is 9.18 Å². The number of rotatable bonds is 8. The van der Waals surface area contributed by atoms with Crippen LogP contribution in [0.25, 0.3) is 0 Å². The van der Waals surface area contributed by atoms with Crippen LogP contribution in [0.4, 0.5) is 4.39 Å². The van der Waals surface area contributed by atoms with Crippen molar-refractivity contribution in [1.29, 1.82) is 0 Å². The van der Waals surface area contributed by atoms with Gasteiger partial charge in [-0.2, -0.15) is 0 Å². The maximum atomic E-state index is 13.6. The van der Waals surface area contributed by atoms with Crippen molar-refractivity contribution in [2.45, 2.75) is 6.04 Å². The van der Waals surface area contributed by atoms with E-state index in [4.69, 9.17) is 9.47 Å². The lowest BCUT2D eigenvalue weighted by molar-refractivity contribution is -0.136. The van der Waals surface area contributed by atoms with Crippen LogP contribution in [0.5, 0.6) is 0 Å². The van der Waals surface area contributed by atoms with Crippen molar-refractivity contribution in [1.82, 2.24) is 9.88 Å². The number of halogens is 1. The fraction of sp³-hybridized carbons (Fsp3) is 0.333. The number of aromatic nitrogens is 1. The number of carbonyl (C=O) groups is 1. The molecule has 2 aromatic rings. The summed E-state index contributed by atoms with van der Waals surface area (Å²) in [6, 6.07) is 11.1. The van der Waals surface area contributed by atoms with Crippen LogP contribution in [0.15, 0.2) is 48.7 Å². The number of hydrogen-bond donors (Lipinski definition) is 0. The van der Waals surface area contributed by atoms with E-state index in [-0.39, 0.29) is 18.3 Å². The molecule has 0 bridgehead atoms. The first-order valence-electron chi connectivity index (χ1n) is 7.62. The molecular weight excluding hydrogens is 311 g/mol. The highest BCUT2D eigenvalue weighted by Gasteiger charge is 2.24. The Morgan fingerprint density at radius 2 is 2.08 bits per heavy atom. The number of nitrogens with zero attached hydrogens (tertiary/aromatic N) is 2. The Balaban J connectivity index is 2.21. The number of likely N-dealkylation sites (N-methyl/N-ethyl adjacent to an activating group) is 1. The van der Waals surface area contributed by atoms with Gasteiger partial charge in [0, 0.05) is 20.4 Å². The summed E-state index contributed by atoms with van der Waals surface area (Å²) in [4.78, 5) is 18.3. The summed E-state index contributed by atoms with van der Waals surface area (Å²) >= 11 is 0. The third kappa shape index (κ3) is 4.84. The topological polar surface area (TPSA) is 51.7 Å². The van der Waals surface area contributed by atoms with Gasteiger partial charge in [-0.3, -0.25) is 9.78 Å². The van der Waals surface area contributed by atoms with Gasteiger partial charge < -0.3 is 14.4 Å². The first kappa shape index (κ1) is 18.0. The minimum absolute atomic E-state index is 0.0709. The van der Waals surface area contributed by atoms with Gasteiger partial charge in [-0.05, 0) is 29.8 Å². The number of amides is 1. The highest BCUT2D eigenvalue weighted by atomic mass is 19.1. The van der Waals surface area contributed by atoms with Gasteiger partial charge in [0.05, 0.1) is 24.9 Å².